The Balaban J connectivity index is 1.53. The highest BCUT2D eigenvalue weighted by Gasteiger charge is 2.36. The standard InChI is InChI=1S/C14H26N2O/c1-2-8-16-9-6-13(14(16)5-1)15-12-4-3-10-17-11-7-12/h12-15H,1-11H2. The Labute approximate surface area is 105 Å². The third kappa shape index (κ3) is 2.83. The van der Waals surface area contributed by atoms with E-state index in [1.807, 2.05) is 0 Å². The Hall–Kier alpha value is -0.120. The average molecular weight is 238 g/mol. The van der Waals surface area contributed by atoms with E-state index in [-0.39, 0.29) is 0 Å². The molecule has 17 heavy (non-hydrogen) atoms. The zero-order valence-corrected chi connectivity index (χ0v) is 10.9. The van der Waals surface area contributed by atoms with E-state index in [1.165, 1.54) is 58.0 Å². The van der Waals surface area contributed by atoms with E-state index in [2.05, 4.69) is 10.2 Å². The second-order valence-electron chi connectivity index (χ2n) is 5.90. The quantitative estimate of drug-likeness (QED) is 0.793. The summed E-state index contributed by atoms with van der Waals surface area (Å²) in [5.74, 6) is 0. The monoisotopic (exact) mass is 238 g/mol. The van der Waals surface area contributed by atoms with Gasteiger partial charge in [0.15, 0.2) is 0 Å². The van der Waals surface area contributed by atoms with Crippen molar-refractivity contribution >= 4 is 0 Å². The second-order valence-corrected chi connectivity index (χ2v) is 5.90. The van der Waals surface area contributed by atoms with Gasteiger partial charge in [0, 0.05) is 37.9 Å². The molecule has 0 aromatic heterocycles. The minimum atomic E-state index is 0.712. The van der Waals surface area contributed by atoms with Crippen LogP contribution in [0, 0.1) is 0 Å². The topological polar surface area (TPSA) is 24.5 Å². The van der Waals surface area contributed by atoms with Gasteiger partial charge in [0.2, 0.25) is 0 Å². The molecule has 3 heteroatoms. The van der Waals surface area contributed by atoms with Crippen LogP contribution in [-0.2, 0) is 4.74 Å². The Morgan fingerprint density at radius 2 is 1.88 bits per heavy atom. The zero-order chi connectivity index (χ0) is 11.5. The van der Waals surface area contributed by atoms with Crippen molar-refractivity contribution in [3.8, 4) is 0 Å². The summed E-state index contributed by atoms with van der Waals surface area (Å²) in [6, 6.07) is 2.32. The molecule has 1 N–H and O–H groups in total. The lowest BCUT2D eigenvalue weighted by Crippen LogP contribution is -2.48. The van der Waals surface area contributed by atoms with Crippen LogP contribution in [0.25, 0.3) is 0 Å². The number of rotatable bonds is 2. The first-order valence-corrected chi connectivity index (χ1v) is 7.51. The highest BCUT2D eigenvalue weighted by atomic mass is 16.5. The van der Waals surface area contributed by atoms with Gasteiger partial charge < -0.3 is 10.1 Å². The number of ether oxygens (including phenoxy) is 1. The first-order valence-electron chi connectivity index (χ1n) is 7.51. The summed E-state index contributed by atoms with van der Waals surface area (Å²) in [4.78, 5) is 2.72. The lowest BCUT2D eigenvalue weighted by molar-refractivity contribution is 0.140. The normalized spacial score (nSPS) is 39.9. The summed E-state index contributed by atoms with van der Waals surface area (Å²) in [6.07, 6.45) is 9.39. The SMILES string of the molecule is C1COCCC(NC2CCN3CCCCC23)C1. The molecule has 0 aromatic rings. The van der Waals surface area contributed by atoms with E-state index in [9.17, 15) is 0 Å². The highest BCUT2D eigenvalue weighted by Crippen LogP contribution is 2.28. The summed E-state index contributed by atoms with van der Waals surface area (Å²) in [5.41, 5.74) is 0. The van der Waals surface area contributed by atoms with Crippen LogP contribution >= 0.6 is 0 Å². The molecule has 0 bridgehead atoms. The van der Waals surface area contributed by atoms with E-state index >= 15 is 0 Å². The van der Waals surface area contributed by atoms with Crippen LogP contribution in [-0.4, -0.2) is 49.3 Å². The van der Waals surface area contributed by atoms with Gasteiger partial charge in [0.1, 0.15) is 0 Å². The van der Waals surface area contributed by atoms with Crippen LogP contribution in [0.1, 0.15) is 44.9 Å². The van der Waals surface area contributed by atoms with Gasteiger partial charge in [0.05, 0.1) is 0 Å². The number of hydrogen-bond donors (Lipinski definition) is 1. The number of nitrogens with zero attached hydrogens (tertiary/aromatic N) is 1. The molecule has 3 unspecified atom stereocenters. The van der Waals surface area contributed by atoms with Gasteiger partial charge >= 0.3 is 0 Å². The molecule has 3 atom stereocenters. The van der Waals surface area contributed by atoms with Crippen molar-refractivity contribution in [3.05, 3.63) is 0 Å². The molecule has 3 fully saturated rings. The zero-order valence-electron chi connectivity index (χ0n) is 10.9. The van der Waals surface area contributed by atoms with Crippen LogP contribution in [0.2, 0.25) is 0 Å². The van der Waals surface area contributed by atoms with E-state index in [1.54, 1.807) is 0 Å². The van der Waals surface area contributed by atoms with Gasteiger partial charge in [-0.1, -0.05) is 6.42 Å². The summed E-state index contributed by atoms with van der Waals surface area (Å²) >= 11 is 0. The van der Waals surface area contributed by atoms with Crippen molar-refractivity contribution in [1.29, 1.82) is 0 Å². The van der Waals surface area contributed by atoms with E-state index < -0.39 is 0 Å². The molecule has 3 aliphatic rings. The Morgan fingerprint density at radius 1 is 0.882 bits per heavy atom. The third-order valence-electron chi connectivity index (χ3n) is 4.76. The Kier molecular flexibility index (Phi) is 3.99. The van der Waals surface area contributed by atoms with Crippen molar-refractivity contribution < 1.29 is 4.74 Å². The van der Waals surface area contributed by atoms with Crippen molar-refractivity contribution in [2.24, 2.45) is 0 Å². The predicted molar refractivity (Wildman–Crippen MR) is 69.2 cm³/mol. The molecule has 3 heterocycles. The molecule has 0 saturated carbocycles. The Bertz CT molecular complexity index is 238. The minimum absolute atomic E-state index is 0.712. The van der Waals surface area contributed by atoms with Crippen molar-refractivity contribution in [1.82, 2.24) is 10.2 Å². The summed E-state index contributed by atoms with van der Waals surface area (Å²) in [5, 5.41) is 3.94. The van der Waals surface area contributed by atoms with Crippen LogP contribution in [0.5, 0.6) is 0 Å². The molecular formula is C14H26N2O. The molecule has 0 amide bonds. The molecule has 3 saturated heterocycles. The lowest BCUT2D eigenvalue weighted by Gasteiger charge is -2.34. The molecule has 98 valence electrons. The molecular weight excluding hydrogens is 212 g/mol. The maximum absolute atomic E-state index is 5.55. The average Bonchev–Trinajstić information content (AvgIpc) is 2.59. The van der Waals surface area contributed by atoms with Crippen molar-refractivity contribution in [3.63, 3.8) is 0 Å². The molecule has 0 radical (unpaired) electrons. The first-order chi connectivity index (χ1) is 8.43. The van der Waals surface area contributed by atoms with E-state index in [0.717, 1.165) is 25.3 Å². The maximum Gasteiger partial charge on any atom is 0.0480 e. The summed E-state index contributed by atoms with van der Waals surface area (Å²) in [7, 11) is 0. The first kappa shape index (κ1) is 11.9. The van der Waals surface area contributed by atoms with Gasteiger partial charge in [-0.3, -0.25) is 4.90 Å². The van der Waals surface area contributed by atoms with Crippen LogP contribution in [0.15, 0.2) is 0 Å². The fraction of sp³-hybridized carbons (Fsp3) is 1.00. The number of nitrogens with one attached hydrogen (secondary N) is 1. The van der Waals surface area contributed by atoms with Gasteiger partial charge in [-0.2, -0.15) is 0 Å². The Morgan fingerprint density at radius 3 is 2.88 bits per heavy atom. The molecule has 3 nitrogen and oxygen atoms in total. The number of piperidine rings is 1. The fourth-order valence-electron chi connectivity index (χ4n) is 3.81. The lowest BCUT2D eigenvalue weighted by atomic mass is 9.97. The highest BCUT2D eigenvalue weighted by molar-refractivity contribution is 4.95. The van der Waals surface area contributed by atoms with E-state index in [4.69, 9.17) is 4.74 Å². The van der Waals surface area contributed by atoms with E-state index in [0.29, 0.717) is 6.04 Å². The van der Waals surface area contributed by atoms with Crippen LogP contribution in [0.4, 0.5) is 0 Å². The second kappa shape index (κ2) is 5.68. The smallest absolute Gasteiger partial charge is 0.0480 e. The van der Waals surface area contributed by atoms with Gasteiger partial charge in [0.25, 0.3) is 0 Å². The van der Waals surface area contributed by atoms with Crippen LogP contribution < -0.4 is 5.32 Å². The maximum atomic E-state index is 5.55. The third-order valence-corrected chi connectivity index (χ3v) is 4.76. The van der Waals surface area contributed by atoms with Crippen LogP contribution in [0.3, 0.4) is 0 Å². The summed E-state index contributed by atoms with van der Waals surface area (Å²) in [6.45, 7) is 4.60. The predicted octanol–water partition coefficient (Wildman–Crippen LogP) is 1.77. The van der Waals surface area contributed by atoms with Crippen molar-refractivity contribution in [2.45, 2.75) is 63.1 Å². The molecule has 0 aliphatic carbocycles. The van der Waals surface area contributed by atoms with Gasteiger partial charge in [-0.25, -0.2) is 0 Å². The molecule has 0 spiro atoms. The van der Waals surface area contributed by atoms with Crippen molar-refractivity contribution in [2.75, 3.05) is 26.3 Å². The molecule has 0 aromatic carbocycles. The largest absolute Gasteiger partial charge is 0.381 e. The molecule has 3 aliphatic heterocycles. The number of fused-ring (bicyclic) bond motifs is 1. The minimum Gasteiger partial charge on any atom is -0.381 e. The number of hydrogen-bond acceptors (Lipinski definition) is 3. The van der Waals surface area contributed by atoms with Gasteiger partial charge in [-0.15, -0.1) is 0 Å². The fourth-order valence-corrected chi connectivity index (χ4v) is 3.81. The molecule has 3 rings (SSSR count). The van der Waals surface area contributed by atoms with Gasteiger partial charge in [-0.05, 0) is 45.1 Å². The summed E-state index contributed by atoms with van der Waals surface area (Å²) < 4.78 is 5.55.